The number of halogens is 1. The van der Waals surface area contributed by atoms with E-state index in [1.165, 1.54) is 23.3 Å². The fraction of sp³-hybridized carbons (Fsp3) is 0.348. The molecule has 150 valence electrons. The molecule has 5 rings (SSSR count). The van der Waals surface area contributed by atoms with Crippen molar-refractivity contribution in [2.75, 3.05) is 26.3 Å². The summed E-state index contributed by atoms with van der Waals surface area (Å²) in [7, 11) is 0. The molecule has 2 aromatic carbocycles. The molecule has 0 saturated carbocycles. The molecule has 29 heavy (non-hydrogen) atoms. The Kier molecular flexibility index (Phi) is 5.04. The zero-order valence-corrected chi connectivity index (χ0v) is 16.1. The Morgan fingerprint density at radius 2 is 1.93 bits per heavy atom. The van der Waals surface area contributed by atoms with Crippen molar-refractivity contribution in [3.8, 4) is 17.1 Å². The number of rotatable bonds is 4. The van der Waals surface area contributed by atoms with Gasteiger partial charge in [-0.2, -0.15) is 0 Å². The molecule has 0 N–H and O–H groups in total. The first kappa shape index (κ1) is 18.3. The highest BCUT2D eigenvalue weighted by atomic mass is 19.1. The maximum Gasteiger partial charge on any atom is 0.170 e. The highest BCUT2D eigenvalue weighted by molar-refractivity contribution is 5.65. The molecule has 1 saturated heterocycles. The second-order valence-electron chi connectivity index (χ2n) is 7.51. The normalized spacial score (nSPS) is 22.2. The van der Waals surface area contributed by atoms with Crippen LogP contribution in [0.25, 0.3) is 11.3 Å². The van der Waals surface area contributed by atoms with Crippen LogP contribution in [0.1, 0.15) is 23.7 Å². The van der Waals surface area contributed by atoms with E-state index in [-0.39, 0.29) is 18.0 Å². The van der Waals surface area contributed by atoms with Gasteiger partial charge >= 0.3 is 0 Å². The lowest BCUT2D eigenvalue weighted by atomic mass is 9.84. The Morgan fingerprint density at radius 1 is 1.07 bits per heavy atom. The van der Waals surface area contributed by atoms with Crippen LogP contribution in [0.4, 0.5) is 4.39 Å². The van der Waals surface area contributed by atoms with E-state index < -0.39 is 0 Å². The molecular formula is C23H23FN2O3. The maximum absolute atomic E-state index is 14.0. The average molecular weight is 394 g/mol. The summed E-state index contributed by atoms with van der Waals surface area (Å²) in [6, 6.07) is 14.9. The molecule has 0 radical (unpaired) electrons. The van der Waals surface area contributed by atoms with Gasteiger partial charge in [-0.05, 0) is 42.2 Å². The molecular weight excluding hydrogens is 371 g/mol. The van der Waals surface area contributed by atoms with Crippen molar-refractivity contribution in [3.05, 3.63) is 71.7 Å². The Morgan fingerprint density at radius 3 is 2.76 bits per heavy atom. The maximum atomic E-state index is 14.0. The standard InChI is InChI=1S/C23H23FN2O3/c24-17-6-8-21(19(15-17)22-9-10-25-29-22)28-23-18-4-2-1-3-16(18)5-7-20(23)26-11-13-27-14-12-26/h1-4,6,8-10,15,20,23H,5,7,11-14H2/t20-,23-/m0/s1. The Hall–Kier alpha value is -2.70. The molecule has 0 bridgehead atoms. The fourth-order valence-electron chi connectivity index (χ4n) is 4.42. The van der Waals surface area contributed by atoms with Gasteiger partial charge < -0.3 is 14.0 Å². The number of ether oxygens (including phenoxy) is 2. The third-order valence-corrected chi connectivity index (χ3v) is 5.83. The zero-order chi connectivity index (χ0) is 19.6. The van der Waals surface area contributed by atoms with Crippen LogP contribution in [-0.4, -0.2) is 42.4 Å². The number of morpholine rings is 1. The first-order chi connectivity index (χ1) is 14.3. The van der Waals surface area contributed by atoms with Crippen LogP contribution in [0, 0.1) is 5.82 Å². The smallest absolute Gasteiger partial charge is 0.170 e. The van der Waals surface area contributed by atoms with Crippen molar-refractivity contribution in [1.29, 1.82) is 0 Å². The van der Waals surface area contributed by atoms with Gasteiger partial charge in [0.05, 0.1) is 31.0 Å². The first-order valence-corrected chi connectivity index (χ1v) is 10.1. The number of aromatic nitrogens is 1. The molecule has 0 amide bonds. The average Bonchev–Trinajstić information content (AvgIpc) is 3.30. The molecule has 1 aliphatic heterocycles. The van der Waals surface area contributed by atoms with E-state index in [1.54, 1.807) is 18.3 Å². The van der Waals surface area contributed by atoms with Gasteiger partial charge in [0, 0.05) is 19.2 Å². The van der Waals surface area contributed by atoms with Gasteiger partial charge in [-0.15, -0.1) is 0 Å². The predicted molar refractivity (Wildman–Crippen MR) is 106 cm³/mol. The quantitative estimate of drug-likeness (QED) is 0.662. The van der Waals surface area contributed by atoms with Crippen LogP contribution in [-0.2, 0) is 11.2 Å². The molecule has 5 nitrogen and oxygen atoms in total. The first-order valence-electron chi connectivity index (χ1n) is 10.1. The second kappa shape index (κ2) is 7.97. The van der Waals surface area contributed by atoms with Gasteiger partial charge in [-0.1, -0.05) is 29.4 Å². The molecule has 2 atom stereocenters. The van der Waals surface area contributed by atoms with Crippen LogP contribution < -0.4 is 4.74 Å². The Balaban J connectivity index is 1.53. The summed E-state index contributed by atoms with van der Waals surface area (Å²) >= 11 is 0. The summed E-state index contributed by atoms with van der Waals surface area (Å²) in [6.07, 6.45) is 3.44. The van der Waals surface area contributed by atoms with E-state index in [2.05, 4.69) is 34.3 Å². The zero-order valence-electron chi connectivity index (χ0n) is 16.1. The van der Waals surface area contributed by atoms with Crippen molar-refractivity contribution in [2.24, 2.45) is 0 Å². The molecule has 2 aliphatic rings. The van der Waals surface area contributed by atoms with Crippen LogP contribution in [0.15, 0.2) is 59.3 Å². The highest BCUT2D eigenvalue weighted by Gasteiger charge is 2.36. The number of fused-ring (bicyclic) bond motifs is 1. The summed E-state index contributed by atoms with van der Waals surface area (Å²) in [6.45, 7) is 3.27. The van der Waals surface area contributed by atoms with Crippen LogP contribution in [0.2, 0.25) is 0 Å². The number of nitrogens with zero attached hydrogens (tertiary/aromatic N) is 2. The SMILES string of the molecule is Fc1ccc(O[C@H]2c3ccccc3CC[C@@H]2N2CCOCC2)c(-c2ccno2)c1. The summed E-state index contributed by atoms with van der Waals surface area (Å²) in [5, 5.41) is 3.77. The summed E-state index contributed by atoms with van der Waals surface area (Å²) in [5.74, 6) is 0.757. The van der Waals surface area contributed by atoms with E-state index in [0.29, 0.717) is 17.1 Å². The number of aryl methyl sites for hydroxylation is 1. The van der Waals surface area contributed by atoms with E-state index in [0.717, 1.165) is 39.1 Å². The molecule has 3 aromatic rings. The van der Waals surface area contributed by atoms with Crippen LogP contribution in [0.3, 0.4) is 0 Å². The summed E-state index contributed by atoms with van der Waals surface area (Å²) in [4.78, 5) is 2.46. The highest BCUT2D eigenvalue weighted by Crippen LogP contribution is 2.40. The lowest BCUT2D eigenvalue weighted by Gasteiger charge is -2.42. The fourth-order valence-corrected chi connectivity index (χ4v) is 4.42. The van der Waals surface area contributed by atoms with Crippen molar-refractivity contribution in [3.63, 3.8) is 0 Å². The molecule has 1 fully saturated rings. The third-order valence-electron chi connectivity index (χ3n) is 5.83. The minimum Gasteiger partial charge on any atom is -0.483 e. The molecule has 0 unspecified atom stereocenters. The Bertz CT molecular complexity index is 970. The molecule has 6 heteroatoms. The van der Waals surface area contributed by atoms with Gasteiger partial charge in [0.1, 0.15) is 17.7 Å². The van der Waals surface area contributed by atoms with Gasteiger partial charge in [-0.3, -0.25) is 4.90 Å². The van der Waals surface area contributed by atoms with Crippen molar-refractivity contribution >= 4 is 0 Å². The van der Waals surface area contributed by atoms with Crippen LogP contribution in [0.5, 0.6) is 5.75 Å². The second-order valence-corrected chi connectivity index (χ2v) is 7.51. The van der Waals surface area contributed by atoms with Gasteiger partial charge in [0.15, 0.2) is 5.76 Å². The van der Waals surface area contributed by atoms with E-state index in [9.17, 15) is 4.39 Å². The van der Waals surface area contributed by atoms with E-state index in [4.69, 9.17) is 14.0 Å². The monoisotopic (exact) mass is 394 g/mol. The van der Waals surface area contributed by atoms with Gasteiger partial charge in [0.2, 0.25) is 0 Å². The van der Waals surface area contributed by atoms with Crippen molar-refractivity contribution in [2.45, 2.75) is 25.0 Å². The number of hydrogen-bond donors (Lipinski definition) is 0. The Labute approximate surface area is 169 Å². The minimum absolute atomic E-state index is 0.148. The van der Waals surface area contributed by atoms with Crippen LogP contribution >= 0.6 is 0 Å². The van der Waals surface area contributed by atoms with Gasteiger partial charge in [-0.25, -0.2) is 4.39 Å². The molecule has 1 aromatic heterocycles. The number of hydrogen-bond acceptors (Lipinski definition) is 5. The minimum atomic E-state index is -0.336. The topological polar surface area (TPSA) is 47.7 Å². The molecule has 1 aliphatic carbocycles. The van der Waals surface area contributed by atoms with E-state index in [1.807, 2.05) is 0 Å². The third kappa shape index (κ3) is 3.66. The largest absolute Gasteiger partial charge is 0.483 e. The van der Waals surface area contributed by atoms with E-state index >= 15 is 0 Å². The van der Waals surface area contributed by atoms with Crippen molar-refractivity contribution < 1.29 is 18.4 Å². The van der Waals surface area contributed by atoms with Gasteiger partial charge in [0.25, 0.3) is 0 Å². The lowest BCUT2D eigenvalue weighted by Crippen LogP contribution is -2.49. The molecule has 0 spiro atoms. The predicted octanol–water partition coefficient (Wildman–Crippen LogP) is 4.25. The molecule has 2 heterocycles. The summed E-state index contributed by atoms with van der Waals surface area (Å²) in [5.41, 5.74) is 3.08. The number of benzene rings is 2. The summed E-state index contributed by atoms with van der Waals surface area (Å²) < 4.78 is 31.4. The lowest BCUT2D eigenvalue weighted by molar-refractivity contribution is -0.0213. The van der Waals surface area contributed by atoms with Crippen molar-refractivity contribution in [1.82, 2.24) is 10.1 Å².